The Balaban J connectivity index is 4.79. The van der Waals surface area contributed by atoms with E-state index in [4.69, 9.17) is 9.47 Å². The molecular formula is C61H123NO3. The fourth-order valence-corrected chi connectivity index (χ4v) is 10.5. The van der Waals surface area contributed by atoms with E-state index >= 15 is 0 Å². The van der Waals surface area contributed by atoms with Crippen LogP contribution in [-0.2, 0) is 14.3 Å². The fourth-order valence-electron chi connectivity index (χ4n) is 10.5. The van der Waals surface area contributed by atoms with Crippen LogP contribution in [0, 0.1) is 10.8 Å². The second-order valence-electron chi connectivity index (χ2n) is 24.2. The van der Waals surface area contributed by atoms with Gasteiger partial charge in [-0.05, 0) is 71.6 Å². The van der Waals surface area contributed by atoms with Gasteiger partial charge in [0.1, 0.15) is 0 Å². The lowest BCUT2D eigenvalue weighted by Gasteiger charge is -2.40. The third-order valence-electron chi connectivity index (χ3n) is 15.3. The molecule has 0 fully saturated rings. The molecule has 0 aliphatic rings. The number of nitrogens with zero attached hydrogens (tertiary/aromatic N) is 1. The van der Waals surface area contributed by atoms with Crippen LogP contribution in [0.2, 0.25) is 0 Å². The quantitative estimate of drug-likeness (QED) is 0.0571. The molecular weight excluding hydrogens is 795 g/mol. The molecule has 390 valence electrons. The molecule has 0 aromatic rings. The van der Waals surface area contributed by atoms with Gasteiger partial charge in [0.25, 0.3) is 0 Å². The van der Waals surface area contributed by atoms with E-state index in [9.17, 15) is 4.79 Å². The first kappa shape index (κ1) is 64.4. The van der Waals surface area contributed by atoms with Crippen LogP contribution in [0.5, 0.6) is 0 Å². The van der Waals surface area contributed by atoms with Gasteiger partial charge < -0.3 is 14.4 Å². The molecule has 4 nitrogen and oxygen atoms in total. The van der Waals surface area contributed by atoms with Gasteiger partial charge in [0, 0.05) is 25.6 Å². The van der Waals surface area contributed by atoms with Gasteiger partial charge in [-0.3, -0.25) is 4.79 Å². The van der Waals surface area contributed by atoms with E-state index in [2.05, 4.69) is 81.2 Å². The number of amides is 1. The Kier molecular flexibility index (Phi) is 40.8. The largest absolute Gasteiger partial charge is 0.379 e. The van der Waals surface area contributed by atoms with Crippen molar-refractivity contribution in [1.29, 1.82) is 0 Å². The second kappa shape index (κ2) is 41.2. The van der Waals surface area contributed by atoms with E-state index < -0.39 is 5.41 Å². The lowest BCUT2D eigenvalue weighted by Crippen LogP contribution is -2.46. The van der Waals surface area contributed by atoms with Crippen molar-refractivity contribution in [3.63, 3.8) is 0 Å². The molecule has 0 N–H and O–H groups in total. The molecule has 1 amide bonds. The summed E-state index contributed by atoms with van der Waals surface area (Å²) < 4.78 is 12.0. The van der Waals surface area contributed by atoms with Crippen LogP contribution in [0.3, 0.4) is 0 Å². The van der Waals surface area contributed by atoms with Crippen molar-refractivity contribution in [2.75, 3.05) is 20.8 Å². The summed E-state index contributed by atoms with van der Waals surface area (Å²) >= 11 is 0. The number of rotatable bonds is 50. The molecule has 0 aromatic carbocycles. The summed E-state index contributed by atoms with van der Waals surface area (Å²) in [5, 5.41) is 0. The van der Waals surface area contributed by atoms with Crippen LogP contribution in [0.25, 0.3) is 0 Å². The van der Waals surface area contributed by atoms with E-state index in [1.807, 2.05) is 0 Å². The molecule has 65 heavy (non-hydrogen) atoms. The van der Waals surface area contributed by atoms with Crippen LogP contribution in [0.15, 0.2) is 0 Å². The highest BCUT2D eigenvalue weighted by atomic mass is 16.5. The Hall–Kier alpha value is -0.610. The molecule has 0 atom stereocenters. The summed E-state index contributed by atoms with van der Waals surface area (Å²) in [6, 6.07) is 0.357. The standard InChI is InChI=1S/C61H123NO3/c1-13-15-17-19-21-23-25-27-29-31-33-35-37-39-41-43-45-47-49-56(50-48-46-44-42-40-38-36-34-32-30-28-26-24-22-20-18-16-14-2)62(11)57(63)59(5,6)55-58(3,4)51-52-61(9,10)65-54-53-60(7,8)64-12/h56H,13-55H2,1-12H3. The van der Waals surface area contributed by atoms with E-state index in [1.54, 1.807) is 7.11 Å². The molecule has 0 aliphatic carbocycles. The van der Waals surface area contributed by atoms with Crippen LogP contribution < -0.4 is 0 Å². The number of methoxy groups -OCH3 is 1. The summed E-state index contributed by atoms with van der Waals surface area (Å²) in [6.07, 6.45) is 56.8. The molecule has 0 spiro atoms. The molecule has 0 saturated carbocycles. The van der Waals surface area contributed by atoms with Gasteiger partial charge in [-0.1, -0.05) is 273 Å². The second-order valence-corrected chi connectivity index (χ2v) is 24.2. The molecule has 0 saturated heterocycles. The number of ether oxygens (including phenoxy) is 2. The fraction of sp³-hybridized carbons (Fsp3) is 0.984. The molecule has 0 rings (SSSR count). The van der Waals surface area contributed by atoms with E-state index in [-0.39, 0.29) is 16.6 Å². The number of unbranched alkanes of at least 4 members (excludes halogenated alkanes) is 34. The van der Waals surface area contributed by atoms with Crippen molar-refractivity contribution < 1.29 is 14.3 Å². The SMILES string of the molecule is CCCCCCCCCCCCCCCCCCCCC(CCCCCCCCCCCCCCCCCCCC)N(C)C(=O)C(C)(C)CC(C)(C)CCC(C)(C)OCCC(C)(C)OC. The maximum absolute atomic E-state index is 14.4. The topological polar surface area (TPSA) is 38.8 Å². The third-order valence-corrected chi connectivity index (χ3v) is 15.3. The number of carbonyl (C=O) groups is 1. The molecule has 0 radical (unpaired) electrons. The van der Waals surface area contributed by atoms with Gasteiger partial charge in [-0.2, -0.15) is 0 Å². The van der Waals surface area contributed by atoms with Gasteiger partial charge in [0.05, 0.1) is 17.8 Å². The molecule has 0 heterocycles. The maximum atomic E-state index is 14.4. The van der Waals surface area contributed by atoms with Crippen molar-refractivity contribution in [2.45, 2.75) is 356 Å². The zero-order valence-corrected chi connectivity index (χ0v) is 47.2. The Morgan fingerprint density at radius 1 is 0.415 bits per heavy atom. The van der Waals surface area contributed by atoms with Crippen molar-refractivity contribution in [3.05, 3.63) is 0 Å². The van der Waals surface area contributed by atoms with Gasteiger partial charge in [0.2, 0.25) is 5.91 Å². The number of hydrogen-bond acceptors (Lipinski definition) is 3. The first-order valence-corrected chi connectivity index (χ1v) is 29.5. The highest BCUT2D eigenvalue weighted by molar-refractivity contribution is 5.82. The molecule has 0 aliphatic heterocycles. The zero-order valence-electron chi connectivity index (χ0n) is 47.2. The highest BCUT2D eigenvalue weighted by Gasteiger charge is 2.38. The minimum atomic E-state index is -0.397. The third kappa shape index (κ3) is 39.9. The Bertz CT molecular complexity index is 992. The van der Waals surface area contributed by atoms with Crippen molar-refractivity contribution in [2.24, 2.45) is 10.8 Å². The van der Waals surface area contributed by atoms with E-state index in [0.717, 1.165) is 38.5 Å². The Morgan fingerprint density at radius 3 is 1.00 bits per heavy atom. The van der Waals surface area contributed by atoms with E-state index in [0.29, 0.717) is 18.6 Å². The Morgan fingerprint density at radius 2 is 0.708 bits per heavy atom. The molecule has 0 unspecified atom stereocenters. The van der Waals surface area contributed by atoms with Crippen LogP contribution in [0.4, 0.5) is 0 Å². The molecule has 0 bridgehead atoms. The van der Waals surface area contributed by atoms with Gasteiger partial charge in [-0.15, -0.1) is 0 Å². The van der Waals surface area contributed by atoms with Gasteiger partial charge in [0.15, 0.2) is 0 Å². The van der Waals surface area contributed by atoms with Gasteiger partial charge in [-0.25, -0.2) is 0 Å². The van der Waals surface area contributed by atoms with Gasteiger partial charge >= 0.3 is 0 Å². The average Bonchev–Trinajstić information content (AvgIpc) is 3.25. The summed E-state index contributed by atoms with van der Waals surface area (Å²) in [5.41, 5.74) is -0.717. The summed E-state index contributed by atoms with van der Waals surface area (Å²) in [6.45, 7) is 23.1. The first-order valence-electron chi connectivity index (χ1n) is 29.5. The highest BCUT2D eigenvalue weighted by Crippen LogP contribution is 2.40. The van der Waals surface area contributed by atoms with Crippen LogP contribution in [0.1, 0.15) is 339 Å². The maximum Gasteiger partial charge on any atom is 0.228 e. The normalized spacial score (nSPS) is 12.8. The van der Waals surface area contributed by atoms with Crippen molar-refractivity contribution >= 4 is 5.91 Å². The predicted molar refractivity (Wildman–Crippen MR) is 291 cm³/mol. The van der Waals surface area contributed by atoms with Crippen molar-refractivity contribution in [1.82, 2.24) is 4.90 Å². The monoisotopic (exact) mass is 918 g/mol. The van der Waals surface area contributed by atoms with E-state index in [1.165, 1.54) is 231 Å². The van der Waals surface area contributed by atoms with Crippen LogP contribution >= 0.6 is 0 Å². The molecule has 4 heteroatoms. The lowest BCUT2D eigenvalue weighted by atomic mass is 9.71. The summed E-state index contributed by atoms with van der Waals surface area (Å²) in [4.78, 5) is 16.6. The minimum absolute atomic E-state index is 0.0441. The summed E-state index contributed by atoms with van der Waals surface area (Å²) in [7, 11) is 3.92. The van der Waals surface area contributed by atoms with Crippen LogP contribution in [-0.4, -0.2) is 48.8 Å². The minimum Gasteiger partial charge on any atom is -0.379 e. The first-order chi connectivity index (χ1) is 31.0. The average molecular weight is 919 g/mol. The Labute approximate surface area is 411 Å². The molecule has 0 aromatic heterocycles. The zero-order chi connectivity index (χ0) is 48.6. The lowest BCUT2D eigenvalue weighted by molar-refractivity contribution is -0.143. The number of hydrogen-bond donors (Lipinski definition) is 0. The summed E-state index contributed by atoms with van der Waals surface area (Å²) in [5.74, 6) is 0.345. The predicted octanol–water partition coefficient (Wildman–Crippen LogP) is 20.5. The van der Waals surface area contributed by atoms with Crippen molar-refractivity contribution in [3.8, 4) is 0 Å². The number of carbonyl (C=O) groups excluding carboxylic acids is 1. The smallest absolute Gasteiger partial charge is 0.228 e.